The van der Waals surface area contributed by atoms with E-state index in [1.807, 2.05) is 6.92 Å². The fourth-order valence-electron chi connectivity index (χ4n) is 2.54. The Hall–Kier alpha value is -3.24. The van der Waals surface area contributed by atoms with E-state index in [4.69, 9.17) is 24.2 Å². The van der Waals surface area contributed by atoms with Gasteiger partial charge in [-0.3, -0.25) is 0 Å². The number of anilines is 1. The van der Waals surface area contributed by atoms with Crippen LogP contribution in [0.25, 0.3) is 0 Å². The lowest BCUT2D eigenvalue weighted by Gasteiger charge is -2.20. The molecule has 0 aliphatic heterocycles. The summed E-state index contributed by atoms with van der Waals surface area (Å²) < 4.78 is 21.3. The summed E-state index contributed by atoms with van der Waals surface area (Å²) in [6.07, 6.45) is 0. The fraction of sp³-hybridized carbons (Fsp3) is 0.333. The number of hydrogen-bond acceptors (Lipinski definition) is 7. The summed E-state index contributed by atoms with van der Waals surface area (Å²) in [4.78, 5) is 12.4. The van der Waals surface area contributed by atoms with Crippen LogP contribution in [0.1, 0.15) is 24.1 Å². The van der Waals surface area contributed by atoms with Crippen LogP contribution in [0.15, 0.2) is 42.5 Å². The van der Waals surface area contributed by atoms with Crippen molar-refractivity contribution in [3.05, 3.63) is 53.6 Å². The predicted octanol–water partition coefficient (Wildman–Crippen LogP) is 3.31. The normalized spacial score (nSPS) is 11.2. The highest BCUT2D eigenvalue weighted by Gasteiger charge is 2.23. The van der Waals surface area contributed by atoms with Crippen molar-refractivity contribution in [3.8, 4) is 17.6 Å². The Morgan fingerprint density at radius 3 is 2.32 bits per heavy atom. The Labute approximate surface area is 164 Å². The molecular weight excluding hydrogens is 360 g/mol. The van der Waals surface area contributed by atoms with Crippen molar-refractivity contribution in [2.75, 3.05) is 39.4 Å². The van der Waals surface area contributed by atoms with Crippen molar-refractivity contribution >= 4 is 11.7 Å². The van der Waals surface area contributed by atoms with E-state index in [9.17, 15) is 4.79 Å². The molecule has 2 rings (SSSR count). The highest BCUT2D eigenvalue weighted by Crippen LogP contribution is 2.30. The monoisotopic (exact) mass is 384 g/mol. The third kappa shape index (κ3) is 5.89. The molecule has 7 heteroatoms. The Kier molecular flexibility index (Phi) is 8.12. The van der Waals surface area contributed by atoms with E-state index in [1.54, 1.807) is 49.6 Å². The minimum Gasteiger partial charge on any atom is -0.494 e. The van der Waals surface area contributed by atoms with Crippen molar-refractivity contribution in [2.45, 2.75) is 13.0 Å². The highest BCUT2D eigenvalue weighted by molar-refractivity contribution is 5.81. The molecule has 0 bridgehead atoms. The molecule has 2 aromatic rings. The van der Waals surface area contributed by atoms with Crippen LogP contribution in [0.4, 0.5) is 5.69 Å². The zero-order chi connectivity index (χ0) is 20.4. The summed E-state index contributed by atoms with van der Waals surface area (Å²) >= 11 is 0. The molecule has 1 N–H and O–H groups in total. The van der Waals surface area contributed by atoms with Crippen LogP contribution < -0.4 is 14.8 Å². The molecule has 1 unspecified atom stereocenters. The Morgan fingerprint density at radius 1 is 1.07 bits per heavy atom. The van der Waals surface area contributed by atoms with Crippen LogP contribution in [-0.4, -0.2) is 40.0 Å². The molecule has 0 radical (unpaired) electrons. The highest BCUT2D eigenvalue weighted by atomic mass is 16.5. The maximum atomic E-state index is 12.4. The van der Waals surface area contributed by atoms with Gasteiger partial charge in [-0.05, 0) is 48.9 Å². The molecule has 148 valence electrons. The Balaban J connectivity index is 2.34. The first-order chi connectivity index (χ1) is 13.6. The number of methoxy groups -OCH3 is 2. The van der Waals surface area contributed by atoms with Gasteiger partial charge in [0, 0.05) is 18.9 Å². The molecule has 0 spiro atoms. The van der Waals surface area contributed by atoms with E-state index in [-0.39, 0.29) is 0 Å². The Bertz CT molecular complexity index is 815. The number of nitrogens with one attached hydrogen (secondary N) is 1. The third-order valence-corrected chi connectivity index (χ3v) is 3.86. The van der Waals surface area contributed by atoms with Gasteiger partial charge in [0.2, 0.25) is 0 Å². The quantitative estimate of drug-likeness (QED) is 0.496. The lowest BCUT2D eigenvalue weighted by Crippen LogP contribution is -2.22. The van der Waals surface area contributed by atoms with Crippen molar-refractivity contribution in [2.24, 2.45) is 0 Å². The van der Waals surface area contributed by atoms with Crippen LogP contribution in [0.2, 0.25) is 0 Å². The van der Waals surface area contributed by atoms with Gasteiger partial charge >= 0.3 is 5.97 Å². The minimum absolute atomic E-state index is 0.372. The van der Waals surface area contributed by atoms with Gasteiger partial charge in [-0.1, -0.05) is 0 Å². The summed E-state index contributed by atoms with van der Waals surface area (Å²) in [6, 6.07) is 13.4. The topological polar surface area (TPSA) is 89.8 Å². The first-order valence-electron chi connectivity index (χ1n) is 8.85. The number of rotatable bonds is 10. The lowest BCUT2D eigenvalue weighted by atomic mass is 10.1. The molecule has 0 aliphatic carbocycles. The van der Waals surface area contributed by atoms with Gasteiger partial charge < -0.3 is 24.3 Å². The van der Waals surface area contributed by atoms with Crippen molar-refractivity contribution in [1.82, 2.24) is 0 Å². The second kappa shape index (κ2) is 10.8. The zero-order valence-corrected chi connectivity index (χ0v) is 16.2. The van der Waals surface area contributed by atoms with E-state index in [0.717, 1.165) is 0 Å². The van der Waals surface area contributed by atoms with Crippen LogP contribution in [0.5, 0.6) is 11.5 Å². The standard InChI is InChI=1S/C21H24N2O5/c1-4-27-18-11-16(12-19(13-18)28-10-9-25-2)20(21(24)26-3)23-17-7-5-15(14-22)6-8-17/h5-8,11-13,20,23H,4,9-10H2,1-3H3. The maximum Gasteiger partial charge on any atom is 0.332 e. The van der Waals surface area contributed by atoms with E-state index in [2.05, 4.69) is 11.4 Å². The molecule has 0 aromatic heterocycles. The third-order valence-electron chi connectivity index (χ3n) is 3.86. The molecule has 0 fully saturated rings. The van der Waals surface area contributed by atoms with E-state index >= 15 is 0 Å². The molecule has 0 heterocycles. The van der Waals surface area contributed by atoms with Crippen molar-refractivity contribution in [1.29, 1.82) is 5.26 Å². The number of ether oxygens (including phenoxy) is 4. The summed E-state index contributed by atoms with van der Waals surface area (Å²) in [7, 11) is 2.93. The van der Waals surface area contributed by atoms with Gasteiger partial charge in [-0.2, -0.15) is 5.26 Å². The first-order valence-corrected chi connectivity index (χ1v) is 8.85. The summed E-state index contributed by atoms with van der Waals surface area (Å²) in [5.41, 5.74) is 1.85. The molecule has 0 aliphatic rings. The first kappa shape index (κ1) is 21.1. The molecular formula is C21H24N2O5. The number of hydrogen-bond donors (Lipinski definition) is 1. The van der Waals surface area contributed by atoms with Gasteiger partial charge in [0.25, 0.3) is 0 Å². The van der Waals surface area contributed by atoms with Crippen LogP contribution in [-0.2, 0) is 14.3 Å². The van der Waals surface area contributed by atoms with E-state index in [1.165, 1.54) is 7.11 Å². The fourth-order valence-corrected chi connectivity index (χ4v) is 2.54. The summed E-state index contributed by atoms with van der Waals surface area (Å²) in [5.74, 6) is 0.692. The number of nitrogens with zero attached hydrogens (tertiary/aromatic N) is 1. The summed E-state index contributed by atoms with van der Waals surface area (Å²) in [5, 5.41) is 12.1. The molecule has 0 amide bonds. The molecule has 7 nitrogen and oxygen atoms in total. The number of esters is 1. The second-order valence-electron chi connectivity index (χ2n) is 5.80. The predicted molar refractivity (Wildman–Crippen MR) is 105 cm³/mol. The largest absolute Gasteiger partial charge is 0.494 e. The SMILES string of the molecule is CCOc1cc(OCCOC)cc(C(Nc2ccc(C#N)cc2)C(=O)OC)c1. The second-order valence-corrected chi connectivity index (χ2v) is 5.80. The van der Waals surface area contributed by atoms with Gasteiger partial charge in [-0.25, -0.2) is 4.79 Å². The zero-order valence-electron chi connectivity index (χ0n) is 16.2. The molecule has 2 aromatic carbocycles. The minimum atomic E-state index is -0.775. The molecule has 28 heavy (non-hydrogen) atoms. The smallest absolute Gasteiger partial charge is 0.332 e. The number of nitriles is 1. The average Bonchev–Trinajstić information content (AvgIpc) is 2.72. The lowest BCUT2D eigenvalue weighted by molar-refractivity contribution is -0.141. The summed E-state index contributed by atoms with van der Waals surface area (Å²) in [6.45, 7) is 3.17. The van der Waals surface area contributed by atoms with Gasteiger partial charge in [0.05, 0.1) is 32.0 Å². The van der Waals surface area contributed by atoms with Gasteiger partial charge in [-0.15, -0.1) is 0 Å². The molecule has 1 atom stereocenters. The van der Waals surface area contributed by atoms with E-state index in [0.29, 0.717) is 48.1 Å². The molecule has 0 saturated heterocycles. The Morgan fingerprint density at radius 2 is 1.75 bits per heavy atom. The number of carbonyl (C=O) groups is 1. The van der Waals surface area contributed by atoms with Gasteiger partial charge in [0.15, 0.2) is 6.04 Å². The number of benzene rings is 2. The molecule has 0 saturated carbocycles. The average molecular weight is 384 g/mol. The van der Waals surface area contributed by atoms with Crippen molar-refractivity contribution in [3.63, 3.8) is 0 Å². The van der Waals surface area contributed by atoms with Crippen LogP contribution >= 0.6 is 0 Å². The van der Waals surface area contributed by atoms with Crippen LogP contribution in [0.3, 0.4) is 0 Å². The number of carbonyl (C=O) groups excluding carboxylic acids is 1. The van der Waals surface area contributed by atoms with Gasteiger partial charge in [0.1, 0.15) is 18.1 Å². The van der Waals surface area contributed by atoms with Crippen LogP contribution in [0, 0.1) is 11.3 Å². The van der Waals surface area contributed by atoms with E-state index < -0.39 is 12.0 Å². The van der Waals surface area contributed by atoms with Crippen molar-refractivity contribution < 1.29 is 23.7 Å². The maximum absolute atomic E-state index is 12.4.